The molecule has 0 fully saturated rings. The third-order valence-electron chi connectivity index (χ3n) is 1.97. The number of ether oxygens (including phenoxy) is 2. The Kier molecular flexibility index (Phi) is 4.41. The van der Waals surface area contributed by atoms with Crippen LogP contribution >= 0.6 is 45.5 Å². The van der Waals surface area contributed by atoms with Gasteiger partial charge in [-0.3, -0.25) is 0 Å². The van der Waals surface area contributed by atoms with E-state index in [1.807, 2.05) is 24.3 Å². The van der Waals surface area contributed by atoms with E-state index < -0.39 is 5.97 Å². The quantitative estimate of drug-likeness (QED) is 0.583. The van der Waals surface area contributed by atoms with E-state index in [-0.39, 0.29) is 10.0 Å². The number of carbonyl (C=O) groups excluding carboxylic acids is 1. The Hall–Kier alpha value is -0.860. The Morgan fingerprint density at radius 2 is 2.17 bits per heavy atom. The van der Waals surface area contributed by atoms with Crippen LogP contribution in [0, 0.1) is 3.57 Å². The number of hydrogen-bond donors (Lipinski definition) is 0. The van der Waals surface area contributed by atoms with Crippen LogP contribution in [0.4, 0.5) is 0 Å². The molecule has 1 aromatic heterocycles. The molecule has 0 N–H and O–H groups in total. The van der Waals surface area contributed by atoms with Crippen LogP contribution in [0.5, 0.6) is 10.9 Å². The molecule has 0 radical (unpaired) electrons. The summed E-state index contributed by atoms with van der Waals surface area (Å²) < 4.78 is 11.1. The number of halogens is 2. The molecule has 4 nitrogen and oxygen atoms in total. The van der Waals surface area contributed by atoms with E-state index in [0.717, 1.165) is 14.9 Å². The van der Waals surface area contributed by atoms with Crippen LogP contribution in [0.3, 0.4) is 0 Å². The molecule has 2 rings (SSSR count). The van der Waals surface area contributed by atoms with Gasteiger partial charge in [0.15, 0.2) is 10.0 Å². The second-order valence-corrected chi connectivity index (χ2v) is 5.61. The summed E-state index contributed by atoms with van der Waals surface area (Å²) in [6, 6.07) is 7.48. The number of para-hydroxylation sites is 1. The van der Waals surface area contributed by atoms with Crippen molar-refractivity contribution in [1.82, 2.24) is 4.98 Å². The van der Waals surface area contributed by atoms with Gasteiger partial charge in [0.05, 0.1) is 10.7 Å². The fraction of sp³-hybridized carbons (Fsp3) is 0.0909. The van der Waals surface area contributed by atoms with Gasteiger partial charge >= 0.3 is 5.97 Å². The summed E-state index contributed by atoms with van der Waals surface area (Å²) in [5, 5.41) is 0.400. The Morgan fingerprint density at radius 1 is 1.44 bits per heavy atom. The van der Waals surface area contributed by atoms with Crippen molar-refractivity contribution in [2.45, 2.75) is 0 Å². The second-order valence-electron chi connectivity index (χ2n) is 3.12. The van der Waals surface area contributed by atoms with Gasteiger partial charge in [-0.1, -0.05) is 35.1 Å². The van der Waals surface area contributed by atoms with Crippen LogP contribution in [0.25, 0.3) is 0 Å². The smallest absolute Gasteiger partial charge is 0.351 e. The van der Waals surface area contributed by atoms with E-state index >= 15 is 0 Å². The summed E-state index contributed by atoms with van der Waals surface area (Å²) in [5.74, 6) is 0.148. The summed E-state index contributed by atoms with van der Waals surface area (Å²) in [7, 11) is 1.29. The number of thiazole rings is 1. The average molecular weight is 396 g/mol. The zero-order valence-corrected chi connectivity index (χ0v) is 12.9. The summed E-state index contributed by atoms with van der Waals surface area (Å²) in [6.45, 7) is 0. The Balaban J connectivity index is 2.26. The van der Waals surface area contributed by atoms with Gasteiger partial charge in [0.1, 0.15) is 5.75 Å². The van der Waals surface area contributed by atoms with Crippen LogP contribution in [0.15, 0.2) is 24.3 Å². The first-order valence-corrected chi connectivity index (χ1v) is 7.06. The average Bonchev–Trinajstić information content (AvgIpc) is 2.72. The second kappa shape index (κ2) is 5.85. The predicted molar refractivity (Wildman–Crippen MR) is 77.7 cm³/mol. The molecular formula is C11H7ClINO3S. The van der Waals surface area contributed by atoms with Gasteiger partial charge in [-0.2, -0.15) is 4.98 Å². The minimum atomic E-state index is -0.518. The highest BCUT2D eigenvalue weighted by Crippen LogP contribution is 2.33. The largest absolute Gasteiger partial charge is 0.465 e. The summed E-state index contributed by atoms with van der Waals surface area (Å²) in [4.78, 5) is 15.6. The fourth-order valence-corrected chi connectivity index (χ4v) is 2.72. The number of esters is 1. The molecule has 0 aliphatic rings. The van der Waals surface area contributed by atoms with Gasteiger partial charge in [-0.05, 0) is 34.7 Å². The van der Waals surface area contributed by atoms with Gasteiger partial charge < -0.3 is 9.47 Å². The van der Waals surface area contributed by atoms with Crippen molar-refractivity contribution >= 4 is 51.5 Å². The predicted octanol–water partition coefficient (Wildman–Crippen LogP) is 3.98. The van der Waals surface area contributed by atoms with Crippen LogP contribution in [-0.2, 0) is 4.74 Å². The van der Waals surface area contributed by atoms with Gasteiger partial charge in [0.2, 0.25) is 0 Å². The molecule has 7 heteroatoms. The van der Waals surface area contributed by atoms with E-state index in [2.05, 4.69) is 32.3 Å². The lowest BCUT2D eigenvalue weighted by molar-refractivity contribution is 0.0606. The van der Waals surface area contributed by atoms with Crippen molar-refractivity contribution in [3.8, 4) is 10.9 Å². The first-order chi connectivity index (χ1) is 8.61. The van der Waals surface area contributed by atoms with Gasteiger partial charge in [-0.25, -0.2) is 4.79 Å². The van der Waals surface area contributed by atoms with Crippen molar-refractivity contribution in [1.29, 1.82) is 0 Å². The highest BCUT2D eigenvalue weighted by atomic mass is 127. The van der Waals surface area contributed by atoms with Crippen molar-refractivity contribution in [2.75, 3.05) is 7.11 Å². The van der Waals surface area contributed by atoms with Gasteiger partial charge in [0, 0.05) is 0 Å². The molecule has 0 saturated carbocycles. The molecule has 0 atom stereocenters. The number of aromatic nitrogens is 1. The van der Waals surface area contributed by atoms with Gasteiger partial charge in [0.25, 0.3) is 5.19 Å². The first kappa shape index (κ1) is 13.6. The van der Waals surface area contributed by atoms with Crippen LogP contribution in [0.1, 0.15) is 9.67 Å². The van der Waals surface area contributed by atoms with E-state index in [1.54, 1.807) is 0 Å². The molecule has 1 heterocycles. The topological polar surface area (TPSA) is 48.4 Å². The normalized spacial score (nSPS) is 10.2. The SMILES string of the molecule is COC(=O)c1sc(Oc2ccccc2I)nc1Cl. The van der Waals surface area contributed by atoms with Crippen LogP contribution < -0.4 is 4.74 Å². The molecular weight excluding hydrogens is 389 g/mol. The minimum absolute atomic E-state index is 0.0905. The third-order valence-corrected chi connectivity index (χ3v) is 4.16. The number of rotatable bonds is 3. The summed E-state index contributed by atoms with van der Waals surface area (Å²) in [5.41, 5.74) is 0. The van der Waals surface area contributed by atoms with E-state index in [1.165, 1.54) is 7.11 Å². The van der Waals surface area contributed by atoms with Crippen molar-refractivity contribution in [3.63, 3.8) is 0 Å². The van der Waals surface area contributed by atoms with Crippen molar-refractivity contribution < 1.29 is 14.3 Å². The lowest BCUT2D eigenvalue weighted by Gasteiger charge is -2.02. The van der Waals surface area contributed by atoms with Crippen molar-refractivity contribution in [3.05, 3.63) is 37.9 Å². The molecule has 0 saturated heterocycles. The monoisotopic (exact) mass is 395 g/mol. The molecule has 94 valence electrons. The lowest BCUT2D eigenvalue weighted by atomic mass is 10.3. The number of carbonyl (C=O) groups is 1. The standard InChI is InChI=1S/C11H7ClINO3S/c1-16-10(15)8-9(12)14-11(18-8)17-7-5-3-2-4-6(7)13/h2-5H,1H3. The Morgan fingerprint density at radius 3 is 2.83 bits per heavy atom. The van der Waals surface area contributed by atoms with Gasteiger partial charge in [-0.15, -0.1) is 0 Å². The van der Waals surface area contributed by atoms with Crippen LogP contribution in [0.2, 0.25) is 5.15 Å². The molecule has 18 heavy (non-hydrogen) atoms. The zero-order valence-electron chi connectivity index (χ0n) is 9.15. The lowest BCUT2D eigenvalue weighted by Crippen LogP contribution is -1.98. The fourth-order valence-electron chi connectivity index (χ4n) is 1.17. The number of methoxy groups -OCH3 is 1. The molecule has 0 aliphatic heterocycles. The molecule has 2 aromatic rings. The highest BCUT2D eigenvalue weighted by Gasteiger charge is 2.18. The first-order valence-electron chi connectivity index (χ1n) is 4.79. The number of nitrogens with zero attached hydrogens (tertiary/aromatic N) is 1. The molecule has 0 bridgehead atoms. The summed E-state index contributed by atoms with van der Waals surface area (Å²) in [6.07, 6.45) is 0. The minimum Gasteiger partial charge on any atom is -0.465 e. The highest BCUT2D eigenvalue weighted by molar-refractivity contribution is 14.1. The Labute approximate surface area is 126 Å². The van der Waals surface area contributed by atoms with E-state index in [4.69, 9.17) is 16.3 Å². The molecule has 0 spiro atoms. The van der Waals surface area contributed by atoms with Crippen LogP contribution in [-0.4, -0.2) is 18.1 Å². The van der Waals surface area contributed by atoms with E-state index in [9.17, 15) is 4.79 Å². The van der Waals surface area contributed by atoms with Crippen molar-refractivity contribution in [2.24, 2.45) is 0 Å². The maximum atomic E-state index is 11.4. The molecule has 1 aromatic carbocycles. The molecule has 0 amide bonds. The number of hydrogen-bond acceptors (Lipinski definition) is 5. The maximum absolute atomic E-state index is 11.4. The third kappa shape index (κ3) is 2.93. The van der Waals surface area contributed by atoms with E-state index in [0.29, 0.717) is 10.9 Å². The zero-order chi connectivity index (χ0) is 13.1. The summed E-state index contributed by atoms with van der Waals surface area (Å²) >= 11 is 9.04. The number of benzene rings is 1. The maximum Gasteiger partial charge on any atom is 0.351 e. The molecule has 0 aliphatic carbocycles. The molecule has 0 unspecified atom stereocenters. The Bertz CT molecular complexity index is 587.